The van der Waals surface area contributed by atoms with Crippen molar-refractivity contribution in [1.82, 2.24) is 4.90 Å². The predicted octanol–water partition coefficient (Wildman–Crippen LogP) is 14.0. The fraction of sp³-hybridized carbons (Fsp3) is 0.795. The first-order valence-electron chi connectivity index (χ1n) is 20.6. The van der Waals surface area contributed by atoms with Crippen LogP contribution >= 0.6 is 0 Å². The quantitative estimate of drug-likeness (QED) is 0.0382. The molecule has 0 saturated carbocycles. The van der Waals surface area contributed by atoms with Crippen LogP contribution in [0.4, 0.5) is 0 Å². The monoisotopic (exact) mass is 656 g/mol. The number of nitrogens with zero attached hydrogens (tertiary/aromatic N) is 1. The minimum atomic E-state index is 0.0135. The molecule has 0 heterocycles. The molecule has 0 aromatic heterocycles. The molecule has 0 aliphatic carbocycles. The standard InChI is InChI=1S/C44H81NO2/c1-5-8-10-12-14-16-18-20-22-24-26-28-30-32-34-36-39-43(47-44(46)41-38-42-45(4)7-3)40-37-35-33-31-29-27-25-23-21-19-17-15-13-11-9-6-2/h14-17,20-23,43H,5-13,18-19,24-42H2,1-4H3/b16-14-,17-15?,22-20?,23-21?. The molecule has 0 N–H and O–H groups in total. The lowest BCUT2D eigenvalue weighted by Crippen LogP contribution is -2.22. The summed E-state index contributed by atoms with van der Waals surface area (Å²) in [5.41, 5.74) is 0. The first kappa shape index (κ1) is 45.4. The average molecular weight is 656 g/mol. The number of rotatable bonds is 36. The van der Waals surface area contributed by atoms with Crippen molar-refractivity contribution in [2.24, 2.45) is 0 Å². The van der Waals surface area contributed by atoms with Gasteiger partial charge in [-0.15, -0.1) is 0 Å². The summed E-state index contributed by atoms with van der Waals surface area (Å²) in [5.74, 6) is 0.0135. The molecule has 0 aromatic carbocycles. The van der Waals surface area contributed by atoms with Crippen molar-refractivity contribution in [3.05, 3.63) is 48.6 Å². The Labute approximate surface area is 295 Å². The third-order valence-corrected chi connectivity index (χ3v) is 9.21. The van der Waals surface area contributed by atoms with E-state index in [0.717, 1.165) is 45.2 Å². The highest BCUT2D eigenvalue weighted by molar-refractivity contribution is 5.69. The second-order valence-corrected chi connectivity index (χ2v) is 13.9. The van der Waals surface area contributed by atoms with E-state index in [1.165, 1.54) is 141 Å². The molecule has 0 rings (SSSR count). The molecule has 0 saturated heterocycles. The van der Waals surface area contributed by atoms with Crippen LogP contribution in [-0.2, 0) is 9.53 Å². The van der Waals surface area contributed by atoms with Crippen LogP contribution in [-0.4, -0.2) is 37.1 Å². The zero-order valence-electron chi connectivity index (χ0n) is 32.2. The minimum absolute atomic E-state index is 0.0135. The van der Waals surface area contributed by atoms with E-state index in [4.69, 9.17) is 4.74 Å². The van der Waals surface area contributed by atoms with Gasteiger partial charge >= 0.3 is 5.97 Å². The number of allylic oxidation sites excluding steroid dienone is 8. The van der Waals surface area contributed by atoms with E-state index in [1.54, 1.807) is 0 Å². The van der Waals surface area contributed by atoms with Crippen LogP contribution in [0, 0.1) is 0 Å². The summed E-state index contributed by atoms with van der Waals surface area (Å²) in [6.45, 7) is 8.68. The maximum absolute atomic E-state index is 12.6. The van der Waals surface area contributed by atoms with E-state index < -0.39 is 0 Å². The number of carbonyl (C=O) groups is 1. The van der Waals surface area contributed by atoms with Gasteiger partial charge < -0.3 is 9.64 Å². The molecule has 0 amide bonds. The second-order valence-electron chi connectivity index (χ2n) is 13.9. The van der Waals surface area contributed by atoms with E-state index >= 15 is 0 Å². The second kappa shape index (κ2) is 38.8. The molecule has 1 unspecified atom stereocenters. The van der Waals surface area contributed by atoms with Crippen molar-refractivity contribution < 1.29 is 9.53 Å². The summed E-state index contributed by atoms with van der Waals surface area (Å²) in [6.07, 6.45) is 52.8. The highest BCUT2D eigenvalue weighted by Crippen LogP contribution is 2.18. The van der Waals surface area contributed by atoms with Gasteiger partial charge in [0.15, 0.2) is 0 Å². The molecule has 0 bridgehead atoms. The Morgan fingerprint density at radius 1 is 0.511 bits per heavy atom. The Morgan fingerprint density at radius 2 is 0.894 bits per heavy atom. The van der Waals surface area contributed by atoms with Crippen molar-refractivity contribution in [3.63, 3.8) is 0 Å². The highest BCUT2D eigenvalue weighted by atomic mass is 16.5. The normalized spacial score (nSPS) is 13.0. The fourth-order valence-corrected chi connectivity index (χ4v) is 5.88. The van der Waals surface area contributed by atoms with Crippen molar-refractivity contribution in [3.8, 4) is 0 Å². The maximum atomic E-state index is 12.6. The summed E-state index contributed by atoms with van der Waals surface area (Å²) >= 11 is 0. The predicted molar refractivity (Wildman–Crippen MR) is 210 cm³/mol. The van der Waals surface area contributed by atoms with Gasteiger partial charge in [-0.3, -0.25) is 4.79 Å². The van der Waals surface area contributed by atoms with Crippen LogP contribution in [0.5, 0.6) is 0 Å². The Kier molecular flexibility index (Phi) is 37.5. The van der Waals surface area contributed by atoms with Gasteiger partial charge in [0, 0.05) is 6.42 Å². The summed E-state index contributed by atoms with van der Waals surface area (Å²) < 4.78 is 6.03. The molecular formula is C44H81NO2. The zero-order chi connectivity index (χ0) is 34.3. The molecule has 0 spiro atoms. The number of ether oxygens (including phenoxy) is 1. The molecule has 0 fully saturated rings. The first-order valence-corrected chi connectivity index (χ1v) is 20.6. The van der Waals surface area contributed by atoms with Gasteiger partial charge in [0.25, 0.3) is 0 Å². The molecule has 0 aliphatic heterocycles. The van der Waals surface area contributed by atoms with E-state index in [1.807, 2.05) is 0 Å². The molecule has 3 heteroatoms. The van der Waals surface area contributed by atoms with E-state index in [-0.39, 0.29) is 12.1 Å². The van der Waals surface area contributed by atoms with Gasteiger partial charge in [-0.2, -0.15) is 0 Å². The number of esters is 1. The summed E-state index contributed by atoms with van der Waals surface area (Å²) in [5, 5.41) is 0. The maximum Gasteiger partial charge on any atom is 0.306 e. The van der Waals surface area contributed by atoms with Gasteiger partial charge in [-0.1, -0.05) is 146 Å². The van der Waals surface area contributed by atoms with E-state index in [2.05, 4.69) is 81.3 Å². The Hall–Kier alpha value is -1.61. The molecule has 0 aromatic rings. The summed E-state index contributed by atoms with van der Waals surface area (Å²) in [7, 11) is 2.12. The van der Waals surface area contributed by atoms with Gasteiger partial charge in [0.2, 0.25) is 0 Å². The zero-order valence-corrected chi connectivity index (χ0v) is 32.2. The largest absolute Gasteiger partial charge is 0.462 e. The Balaban J connectivity index is 4.07. The van der Waals surface area contributed by atoms with Gasteiger partial charge in [-0.05, 0) is 116 Å². The topological polar surface area (TPSA) is 29.5 Å². The van der Waals surface area contributed by atoms with Gasteiger partial charge in [0.1, 0.15) is 6.10 Å². The highest BCUT2D eigenvalue weighted by Gasteiger charge is 2.14. The van der Waals surface area contributed by atoms with Crippen LogP contribution < -0.4 is 0 Å². The third kappa shape index (κ3) is 37.1. The lowest BCUT2D eigenvalue weighted by molar-refractivity contribution is -0.150. The molecular weight excluding hydrogens is 574 g/mol. The lowest BCUT2D eigenvalue weighted by Gasteiger charge is -2.19. The van der Waals surface area contributed by atoms with E-state index in [0.29, 0.717) is 6.42 Å². The van der Waals surface area contributed by atoms with Gasteiger partial charge in [-0.25, -0.2) is 0 Å². The average Bonchev–Trinajstić information content (AvgIpc) is 3.07. The number of hydrogen-bond donors (Lipinski definition) is 0. The Bertz CT molecular complexity index is 704. The van der Waals surface area contributed by atoms with Crippen LogP contribution in [0.25, 0.3) is 0 Å². The number of unbranched alkanes of at least 4 members (excludes halogenated alkanes) is 18. The first-order chi connectivity index (χ1) is 23.1. The molecule has 1 atom stereocenters. The van der Waals surface area contributed by atoms with E-state index in [9.17, 15) is 4.79 Å². The molecule has 274 valence electrons. The van der Waals surface area contributed by atoms with Crippen LogP contribution in [0.3, 0.4) is 0 Å². The molecule has 3 nitrogen and oxygen atoms in total. The van der Waals surface area contributed by atoms with Crippen molar-refractivity contribution in [2.75, 3.05) is 20.1 Å². The minimum Gasteiger partial charge on any atom is -0.462 e. The van der Waals surface area contributed by atoms with Crippen LogP contribution in [0.15, 0.2) is 48.6 Å². The molecule has 0 radical (unpaired) electrons. The van der Waals surface area contributed by atoms with Crippen LogP contribution in [0.2, 0.25) is 0 Å². The molecule has 47 heavy (non-hydrogen) atoms. The van der Waals surface area contributed by atoms with Crippen molar-refractivity contribution >= 4 is 5.97 Å². The summed E-state index contributed by atoms with van der Waals surface area (Å²) in [6, 6.07) is 0. The SMILES string of the molecule is CCCCCC=CCC=CCCCCCCCCC(CCCCCCCCC=CC/C=C\CCCCC)OC(=O)CCCN(C)CC. The Morgan fingerprint density at radius 3 is 1.30 bits per heavy atom. The van der Waals surface area contributed by atoms with Gasteiger partial charge in [0.05, 0.1) is 0 Å². The summed E-state index contributed by atoms with van der Waals surface area (Å²) in [4.78, 5) is 14.9. The smallest absolute Gasteiger partial charge is 0.306 e. The number of hydrogen-bond acceptors (Lipinski definition) is 3. The lowest BCUT2D eigenvalue weighted by atomic mass is 10.0. The fourth-order valence-electron chi connectivity index (χ4n) is 5.88. The number of carbonyl (C=O) groups excluding carboxylic acids is 1. The molecule has 0 aliphatic rings. The van der Waals surface area contributed by atoms with Crippen molar-refractivity contribution in [2.45, 2.75) is 207 Å². The third-order valence-electron chi connectivity index (χ3n) is 9.21. The van der Waals surface area contributed by atoms with Crippen molar-refractivity contribution in [1.29, 1.82) is 0 Å². The van der Waals surface area contributed by atoms with Crippen LogP contribution in [0.1, 0.15) is 201 Å².